The molecule has 7 nitrogen and oxygen atoms in total. The van der Waals surface area contributed by atoms with Crippen molar-refractivity contribution < 1.29 is 17.9 Å². The Hall–Kier alpha value is -2.10. The van der Waals surface area contributed by atoms with Gasteiger partial charge in [-0.2, -0.15) is 0 Å². The molecule has 0 N–H and O–H groups in total. The van der Waals surface area contributed by atoms with E-state index in [-0.39, 0.29) is 16.6 Å². The quantitative estimate of drug-likeness (QED) is 0.577. The van der Waals surface area contributed by atoms with Crippen molar-refractivity contribution in [2.45, 2.75) is 23.4 Å². The number of hydrogen-bond acceptors (Lipinski definition) is 6. The SMILES string of the molecule is CCOc1ccc(CN(C)C(=O)CSc2ccc(S(=O)(=O)N(C)C)cn2)cc1. The van der Waals surface area contributed by atoms with Crippen LogP contribution in [0.4, 0.5) is 0 Å². The fraction of sp³-hybridized carbons (Fsp3) is 0.368. The summed E-state index contributed by atoms with van der Waals surface area (Å²) in [6.07, 6.45) is 1.31. The second-order valence-electron chi connectivity index (χ2n) is 6.24. The summed E-state index contributed by atoms with van der Waals surface area (Å²) in [7, 11) is 1.19. The molecular weight excluding hydrogens is 398 g/mol. The molecule has 2 aromatic rings. The van der Waals surface area contributed by atoms with Gasteiger partial charge in [0.05, 0.1) is 17.4 Å². The Morgan fingerprint density at radius 3 is 2.32 bits per heavy atom. The van der Waals surface area contributed by atoms with Gasteiger partial charge in [-0.05, 0) is 36.8 Å². The van der Waals surface area contributed by atoms with E-state index in [1.165, 1.54) is 38.1 Å². The van der Waals surface area contributed by atoms with Crippen molar-refractivity contribution in [1.82, 2.24) is 14.2 Å². The van der Waals surface area contributed by atoms with Crippen LogP contribution in [0.2, 0.25) is 0 Å². The lowest BCUT2D eigenvalue weighted by atomic mass is 10.2. The third-order valence-electron chi connectivity index (χ3n) is 3.91. The number of amides is 1. The number of carbonyl (C=O) groups is 1. The first kappa shape index (κ1) is 22.2. The van der Waals surface area contributed by atoms with Crippen LogP contribution >= 0.6 is 11.8 Å². The van der Waals surface area contributed by atoms with E-state index < -0.39 is 10.0 Å². The molecule has 0 aliphatic heterocycles. The number of thioether (sulfide) groups is 1. The lowest BCUT2D eigenvalue weighted by Gasteiger charge is -2.17. The Kier molecular flexibility index (Phi) is 7.85. The highest BCUT2D eigenvalue weighted by atomic mass is 32.2. The van der Waals surface area contributed by atoms with E-state index in [1.807, 2.05) is 31.2 Å². The van der Waals surface area contributed by atoms with Gasteiger partial charge >= 0.3 is 0 Å². The molecular formula is C19H25N3O4S2. The maximum Gasteiger partial charge on any atom is 0.244 e. The second kappa shape index (κ2) is 9.90. The second-order valence-corrected chi connectivity index (χ2v) is 9.38. The average molecular weight is 424 g/mol. The lowest BCUT2D eigenvalue weighted by molar-refractivity contribution is -0.127. The Morgan fingerprint density at radius 2 is 1.79 bits per heavy atom. The third-order valence-corrected chi connectivity index (χ3v) is 6.64. The average Bonchev–Trinajstić information content (AvgIpc) is 2.68. The molecule has 0 spiro atoms. The van der Waals surface area contributed by atoms with Crippen LogP contribution in [0.3, 0.4) is 0 Å². The van der Waals surface area contributed by atoms with E-state index in [9.17, 15) is 13.2 Å². The number of aromatic nitrogens is 1. The number of sulfonamides is 1. The van der Waals surface area contributed by atoms with E-state index in [0.717, 1.165) is 15.6 Å². The standard InChI is InChI=1S/C19H25N3O4S2/c1-5-26-16-8-6-15(7-9-16)13-22(4)19(23)14-27-18-11-10-17(12-20-18)28(24,25)21(2)3/h6-12H,5,13-14H2,1-4H3. The van der Waals surface area contributed by atoms with Gasteiger partial charge in [0.25, 0.3) is 0 Å². The molecule has 0 fully saturated rings. The van der Waals surface area contributed by atoms with E-state index in [0.29, 0.717) is 18.2 Å². The van der Waals surface area contributed by atoms with Crippen LogP contribution in [0.1, 0.15) is 12.5 Å². The summed E-state index contributed by atoms with van der Waals surface area (Å²) >= 11 is 1.27. The minimum atomic E-state index is -3.50. The van der Waals surface area contributed by atoms with Crippen molar-refractivity contribution in [3.05, 3.63) is 48.2 Å². The molecule has 1 aromatic carbocycles. The molecule has 1 aromatic heterocycles. The topological polar surface area (TPSA) is 79.8 Å². The van der Waals surface area contributed by atoms with Crippen molar-refractivity contribution in [2.24, 2.45) is 0 Å². The van der Waals surface area contributed by atoms with Gasteiger partial charge < -0.3 is 9.64 Å². The van der Waals surface area contributed by atoms with Gasteiger partial charge in [-0.15, -0.1) is 0 Å². The predicted molar refractivity (Wildman–Crippen MR) is 110 cm³/mol. The summed E-state index contributed by atoms with van der Waals surface area (Å²) in [5.41, 5.74) is 1.01. The Balaban J connectivity index is 1.89. The van der Waals surface area contributed by atoms with Gasteiger partial charge in [0, 0.05) is 33.9 Å². The first-order valence-corrected chi connectivity index (χ1v) is 11.1. The third kappa shape index (κ3) is 5.95. The van der Waals surface area contributed by atoms with E-state index >= 15 is 0 Å². The molecule has 0 radical (unpaired) electrons. The van der Waals surface area contributed by atoms with E-state index in [2.05, 4.69) is 4.98 Å². The molecule has 152 valence electrons. The first-order valence-electron chi connectivity index (χ1n) is 8.71. The van der Waals surface area contributed by atoms with Crippen LogP contribution < -0.4 is 4.74 Å². The van der Waals surface area contributed by atoms with Crippen molar-refractivity contribution in [3.63, 3.8) is 0 Å². The van der Waals surface area contributed by atoms with Crippen molar-refractivity contribution in [3.8, 4) is 5.75 Å². The minimum Gasteiger partial charge on any atom is -0.494 e. The molecule has 28 heavy (non-hydrogen) atoms. The Labute approximate surface area is 170 Å². The van der Waals surface area contributed by atoms with Crippen LogP contribution in [-0.4, -0.2) is 62.0 Å². The monoisotopic (exact) mass is 423 g/mol. The van der Waals surface area contributed by atoms with E-state index in [4.69, 9.17) is 4.74 Å². The van der Waals surface area contributed by atoms with Gasteiger partial charge in [-0.1, -0.05) is 23.9 Å². The van der Waals surface area contributed by atoms with Crippen molar-refractivity contribution in [1.29, 1.82) is 0 Å². The number of benzene rings is 1. The summed E-state index contributed by atoms with van der Waals surface area (Å²) in [4.78, 5) is 18.3. The highest BCUT2D eigenvalue weighted by Gasteiger charge is 2.17. The molecule has 9 heteroatoms. The number of pyridine rings is 1. The van der Waals surface area contributed by atoms with Crippen LogP contribution in [0, 0.1) is 0 Å². The number of carbonyl (C=O) groups excluding carboxylic acids is 1. The zero-order chi connectivity index (χ0) is 20.7. The van der Waals surface area contributed by atoms with Crippen molar-refractivity contribution >= 4 is 27.7 Å². The summed E-state index contributed by atoms with van der Waals surface area (Å²) in [6.45, 7) is 3.05. The molecule has 0 saturated carbocycles. The van der Waals surface area contributed by atoms with Gasteiger partial charge in [0.2, 0.25) is 15.9 Å². The smallest absolute Gasteiger partial charge is 0.244 e. The van der Waals surface area contributed by atoms with Crippen LogP contribution in [-0.2, 0) is 21.4 Å². The number of nitrogens with zero attached hydrogens (tertiary/aromatic N) is 3. The predicted octanol–water partition coefficient (Wildman–Crippen LogP) is 2.48. The molecule has 0 saturated heterocycles. The van der Waals surface area contributed by atoms with Crippen LogP contribution in [0.5, 0.6) is 5.75 Å². The number of ether oxygens (including phenoxy) is 1. The van der Waals surface area contributed by atoms with Gasteiger partial charge in [-0.25, -0.2) is 17.7 Å². The highest BCUT2D eigenvalue weighted by Crippen LogP contribution is 2.19. The minimum absolute atomic E-state index is 0.0364. The fourth-order valence-corrected chi connectivity index (χ4v) is 3.91. The zero-order valence-electron chi connectivity index (χ0n) is 16.5. The molecule has 0 aliphatic rings. The zero-order valence-corrected chi connectivity index (χ0v) is 18.1. The Bertz CT molecular complexity index is 882. The molecule has 0 unspecified atom stereocenters. The summed E-state index contributed by atoms with van der Waals surface area (Å²) in [6, 6.07) is 10.8. The lowest BCUT2D eigenvalue weighted by Crippen LogP contribution is -2.27. The largest absolute Gasteiger partial charge is 0.494 e. The molecule has 1 heterocycles. The molecule has 1 amide bonds. The van der Waals surface area contributed by atoms with E-state index in [1.54, 1.807) is 18.0 Å². The fourth-order valence-electron chi connectivity index (χ4n) is 2.28. The maximum absolute atomic E-state index is 12.4. The molecule has 2 rings (SSSR count). The number of rotatable bonds is 9. The summed E-state index contributed by atoms with van der Waals surface area (Å²) < 4.78 is 30.6. The Morgan fingerprint density at radius 1 is 1.11 bits per heavy atom. The molecule has 0 atom stereocenters. The highest BCUT2D eigenvalue weighted by molar-refractivity contribution is 7.99. The van der Waals surface area contributed by atoms with Crippen molar-refractivity contribution in [2.75, 3.05) is 33.5 Å². The van der Waals surface area contributed by atoms with Gasteiger partial charge in [-0.3, -0.25) is 4.79 Å². The molecule has 0 bridgehead atoms. The first-order chi connectivity index (χ1) is 13.2. The summed E-state index contributed by atoms with van der Waals surface area (Å²) in [5, 5.41) is 0.598. The summed E-state index contributed by atoms with van der Waals surface area (Å²) in [5.74, 6) is 0.993. The van der Waals surface area contributed by atoms with Crippen LogP contribution in [0.25, 0.3) is 0 Å². The van der Waals surface area contributed by atoms with Gasteiger partial charge in [0.15, 0.2) is 0 Å². The number of hydrogen-bond donors (Lipinski definition) is 0. The van der Waals surface area contributed by atoms with Gasteiger partial charge in [0.1, 0.15) is 10.6 Å². The normalized spacial score (nSPS) is 11.5. The maximum atomic E-state index is 12.4. The molecule has 0 aliphatic carbocycles. The van der Waals surface area contributed by atoms with Crippen LogP contribution in [0.15, 0.2) is 52.5 Å².